The molecule has 1 aromatic rings. The van der Waals surface area contributed by atoms with Crippen LogP contribution in [0.1, 0.15) is 38.9 Å². The normalized spacial score (nSPS) is 24.4. The van der Waals surface area contributed by atoms with E-state index >= 15 is 0 Å². The fraction of sp³-hybridized carbons (Fsp3) is 0.714. The highest BCUT2D eigenvalue weighted by atomic mass is 79.9. The lowest BCUT2D eigenvalue weighted by atomic mass is 9.99. The van der Waals surface area contributed by atoms with Gasteiger partial charge in [0, 0.05) is 31.1 Å². The first-order valence-corrected chi connectivity index (χ1v) is 7.88. The van der Waals surface area contributed by atoms with E-state index in [4.69, 9.17) is 0 Å². The van der Waals surface area contributed by atoms with Gasteiger partial charge in [0.05, 0.1) is 0 Å². The van der Waals surface area contributed by atoms with Crippen LogP contribution in [-0.4, -0.2) is 40.5 Å². The van der Waals surface area contributed by atoms with Crippen molar-refractivity contribution in [1.29, 1.82) is 0 Å². The van der Waals surface area contributed by atoms with E-state index in [2.05, 4.69) is 57.0 Å². The molecule has 1 N–H and O–H groups in total. The Morgan fingerprint density at radius 1 is 1.47 bits per heavy atom. The molecule has 1 aliphatic heterocycles. The van der Waals surface area contributed by atoms with Gasteiger partial charge in [0.2, 0.25) is 0 Å². The average molecular weight is 327 g/mol. The number of halogens is 1. The zero-order valence-corrected chi connectivity index (χ0v) is 13.6. The number of hydrogen-bond donors (Lipinski definition) is 1. The second-order valence-corrected chi connectivity index (χ2v) is 6.25. The second kappa shape index (κ2) is 6.66. The minimum atomic E-state index is 0.516. The van der Waals surface area contributed by atoms with E-state index in [1.165, 1.54) is 12.8 Å². The molecule has 1 aliphatic rings. The molecule has 0 radical (unpaired) electrons. The fourth-order valence-electron chi connectivity index (χ4n) is 2.50. The van der Waals surface area contributed by atoms with Crippen LogP contribution in [0.25, 0.3) is 0 Å². The summed E-state index contributed by atoms with van der Waals surface area (Å²) in [5.41, 5.74) is 0. The van der Waals surface area contributed by atoms with Gasteiger partial charge in [-0.25, -0.2) is 9.97 Å². The highest BCUT2D eigenvalue weighted by Crippen LogP contribution is 2.20. The first-order valence-electron chi connectivity index (χ1n) is 7.08. The highest BCUT2D eigenvalue weighted by molar-refractivity contribution is 9.10. The van der Waals surface area contributed by atoms with Gasteiger partial charge < -0.3 is 10.2 Å². The number of piperidine rings is 1. The second-order valence-electron chi connectivity index (χ2n) is 5.44. The molecule has 0 aliphatic carbocycles. The zero-order valence-electron chi connectivity index (χ0n) is 12.0. The van der Waals surface area contributed by atoms with E-state index in [9.17, 15) is 0 Å². The molecule has 1 fully saturated rings. The number of likely N-dealkylation sites (tertiary alicyclic amines) is 1. The van der Waals surface area contributed by atoms with Crippen LogP contribution in [0.2, 0.25) is 0 Å². The average Bonchev–Trinajstić information content (AvgIpc) is 2.33. The molecule has 1 aromatic heterocycles. The number of anilines is 1. The topological polar surface area (TPSA) is 41.1 Å². The van der Waals surface area contributed by atoms with Gasteiger partial charge in [-0.2, -0.15) is 0 Å². The van der Waals surface area contributed by atoms with Crippen molar-refractivity contribution in [1.82, 2.24) is 14.9 Å². The molecule has 4 nitrogen and oxygen atoms in total. The lowest BCUT2D eigenvalue weighted by Gasteiger charge is -2.35. The third-order valence-corrected chi connectivity index (χ3v) is 4.18. The number of hydrogen-bond acceptors (Lipinski definition) is 4. The maximum atomic E-state index is 4.60. The van der Waals surface area contributed by atoms with Crippen molar-refractivity contribution >= 4 is 21.7 Å². The number of rotatable bonds is 4. The van der Waals surface area contributed by atoms with Gasteiger partial charge in [0.15, 0.2) is 0 Å². The Labute approximate surface area is 124 Å². The molecule has 19 heavy (non-hydrogen) atoms. The van der Waals surface area contributed by atoms with Crippen LogP contribution in [0.4, 0.5) is 5.82 Å². The summed E-state index contributed by atoms with van der Waals surface area (Å²) in [5.74, 6) is 1.87. The predicted molar refractivity (Wildman–Crippen MR) is 82.5 cm³/mol. The van der Waals surface area contributed by atoms with E-state index in [1.54, 1.807) is 0 Å². The van der Waals surface area contributed by atoms with Gasteiger partial charge in [-0.05, 0) is 49.2 Å². The number of aryl methyl sites for hydroxylation is 1. The minimum Gasteiger partial charge on any atom is -0.367 e. The third-order valence-electron chi connectivity index (χ3n) is 3.78. The molecule has 0 aromatic carbocycles. The van der Waals surface area contributed by atoms with Crippen molar-refractivity contribution in [3.63, 3.8) is 0 Å². The molecule has 0 amide bonds. The fourth-order valence-corrected chi connectivity index (χ4v) is 2.93. The highest BCUT2D eigenvalue weighted by Gasteiger charge is 2.22. The summed E-state index contributed by atoms with van der Waals surface area (Å²) in [5, 5.41) is 3.56. The van der Waals surface area contributed by atoms with Crippen LogP contribution in [0.3, 0.4) is 0 Å². The van der Waals surface area contributed by atoms with E-state index in [0.29, 0.717) is 12.1 Å². The monoisotopic (exact) mass is 326 g/mol. The van der Waals surface area contributed by atoms with Crippen LogP contribution in [0, 0.1) is 0 Å². The number of nitrogens with one attached hydrogen (secondary N) is 1. The predicted octanol–water partition coefficient (Wildman–Crippen LogP) is 3.09. The van der Waals surface area contributed by atoms with Crippen LogP contribution < -0.4 is 5.32 Å². The first-order chi connectivity index (χ1) is 9.08. The molecule has 2 unspecified atom stereocenters. The Bertz CT molecular complexity index is 424. The Morgan fingerprint density at radius 2 is 2.26 bits per heavy atom. The van der Waals surface area contributed by atoms with Crippen molar-refractivity contribution in [2.45, 2.75) is 51.6 Å². The largest absolute Gasteiger partial charge is 0.367 e. The Balaban J connectivity index is 2.02. The molecule has 5 heteroatoms. The maximum absolute atomic E-state index is 4.60. The van der Waals surface area contributed by atoms with Gasteiger partial charge in [0.25, 0.3) is 0 Å². The lowest BCUT2D eigenvalue weighted by molar-refractivity contribution is 0.190. The minimum absolute atomic E-state index is 0.516. The van der Waals surface area contributed by atoms with Crippen molar-refractivity contribution in [2.24, 2.45) is 0 Å². The van der Waals surface area contributed by atoms with Crippen molar-refractivity contribution in [3.05, 3.63) is 16.5 Å². The maximum Gasteiger partial charge on any atom is 0.132 e. The molecule has 0 saturated carbocycles. The van der Waals surface area contributed by atoms with Gasteiger partial charge in [-0.15, -0.1) is 0 Å². The van der Waals surface area contributed by atoms with Crippen LogP contribution in [0.5, 0.6) is 0 Å². The molecule has 0 spiro atoms. The van der Waals surface area contributed by atoms with Crippen LogP contribution in [-0.2, 0) is 6.42 Å². The van der Waals surface area contributed by atoms with Crippen LogP contribution >= 0.6 is 15.9 Å². The van der Waals surface area contributed by atoms with Crippen molar-refractivity contribution in [3.8, 4) is 0 Å². The van der Waals surface area contributed by atoms with E-state index in [0.717, 1.165) is 35.6 Å². The van der Waals surface area contributed by atoms with E-state index in [-0.39, 0.29) is 0 Å². The van der Waals surface area contributed by atoms with E-state index < -0.39 is 0 Å². The summed E-state index contributed by atoms with van der Waals surface area (Å²) in [4.78, 5) is 11.4. The van der Waals surface area contributed by atoms with Gasteiger partial charge in [-0.3, -0.25) is 0 Å². The summed E-state index contributed by atoms with van der Waals surface area (Å²) in [7, 11) is 2.20. The summed E-state index contributed by atoms with van der Waals surface area (Å²) < 4.78 is 0.870. The Morgan fingerprint density at radius 3 is 2.95 bits per heavy atom. The Hall–Kier alpha value is -0.680. The molecule has 2 heterocycles. The smallest absolute Gasteiger partial charge is 0.132 e. The molecule has 106 valence electrons. The zero-order chi connectivity index (χ0) is 13.8. The number of nitrogens with zero attached hydrogens (tertiary/aromatic N) is 3. The molecule has 0 bridgehead atoms. The summed E-state index contributed by atoms with van der Waals surface area (Å²) in [6.45, 7) is 5.58. The molecule has 2 rings (SSSR count). The van der Waals surface area contributed by atoms with Crippen molar-refractivity contribution < 1.29 is 0 Å². The van der Waals surface area contributed by atoms with Crippen molar-refractivity contribution in [2.75, 3.05) is 18.9 Å². The summed E-state index contributed by atoms with van der Waals surface area (Å²) in [6.07, 6.45) is 4.34. The van der Waals surface area contributed by atoms with Gasteiger partial charge in [0.1, 0.15) is 16.2 Å². The van der Waals surface area contributed by atoms with Gasteiger partial charge in [-0.1, -0.05) is 6.92 Å². The molecule has 1 saturated heterocycles. The quantitative estimate of drug-likeness (QED) is 0.863. The van der Waals surface area contributed by atoms with Crippen LogP contribution in [0.15, 0.2) is 10.7 Å². The third kappa shape index (κ3) is 4.14. The first kappa shape index (κ1) is 14.7. The Kier molecular flexibility index (Phi) is 5.16. The molecule has 2 atom stereocenters. The standard InChI is InChI=1S/C14H23BrN4/c1-4-5-13-17-12(15)9-14(18-13)16-11-6-7-19(3)10(2)8-11/h9-11H,4-8H2,1-3H3,(H,16,17,18). The molecular weight excluding hydrogens is 304 g/mol. The summed E-state index contributed by atoms with van der Waals surface area (Å²) >= 11 is 3.47. The molecular formula is C14H23BrN4. The van der Waals surface area contributed by atoms with Gasteiger partial charge >= 0.3 is 0 Å². The number of aromatic nitrogens is 2. The summed E-state index contributed by atoms with van der Waals surface area (Å²) in [6, 6.07) is 3.12. The van der Waals surface area contributed by atoms with E-state index in [1.807, 2.05) is 6.07 Å². The SMILES string of the molecule is CCCc1nc(Br)cc(NC2CCN(C)C(C)C2)n1. The lowest BCUT2D eigenvalue weighted by Crippen LogP contribution is -2.42.